The van der Waals surface area contributed by atoms with Crippen LogP contribution in [0.25, 0.3) is 11.0 Å². The third-order valence-corrected chi connectivity index (χ3v) is 6.72. The van der Waals surface area contributed by atoms with E-state index >= 15 is 0 Å². The number of furan rings is 1. The average Bonchev–Trinajstić information content (AvgIpc) is 3.31. The molecule has 2 N–H and O–H groups in total. The van der Waals surface area contributed by atoms with E-state index in [4.69, 9.17) is 9.15 Å². The van der Waals surface area contributed by atoms with Crippen molar-refractivity contribution in [3.8, 4) is 5.75 Å². The number of methoxy groups -OCH3 is 1. The van der Waals surface area contributed by atoms with Crippen molar-refractivity contribution in [2.24, 2.45) is 0 Å². The van der Waals surface area contributed by atoms with Crippen LogP contribution in [0.1, 0.15) is 34.5 Å². The number of nitrogens with zero attached hydrogens (tertiary/aromatic N) is 1. The average molecular weight is 493 g/mol. The molecule has 3 aromatic carbocycles. The van der Waals surface area contributed by atoms with Gasteiger partial charge in [0.05, 0.1) is 12.7 Å². The minimum atomic E-state index is -1.05. The van der Waals surface area contributed by atoms with Gasteiger partial charge in [-0.1, -0.05) is 12.1 Å². The van der Waals surface area contributed by atoms with E-state index in [-0.39, 0.29) is 11.7 Å². The lowest BCUT2D eigenvalue weighted by Crippen LogP contribution is -2.42. The first-order valence-electron chi connectivity index (χ1n) is 11.7. The molecule has 0 bridgehead atoms. The normalized spacial score (nSPS) is 15.7. The van der Waals surface area contributed by atoms with Crippen molar-refractivity contribution in [3.05, 3.63) is 95.3 Å². The zero-order valence-corrected chi connectivity index (χ0v) is 19.8. The van der Waals surface area contributed by atoms with E-state index in [0.717, 1.165) is 17.0 Å². The van der Waals surface area contributed by atoms with Gasteiger partial charge in [0, 0.05) is 42.3 Å². The van der Waals surface area contributed by atoms with Gasteiger partial charge in [0.1, 0.15) is 23.0 Å². The number of fused-ring (bicyclic) bond motifs is 1. The van der Waals surface area contributed by atoms with Crippen LogP contribution in [0.2, 0.25) is 0 Å². The zero-order valence-electron chi connectivity index (χ0n) is 19.8. The highest BCUT2D eigenvalue weighted by Crippen LogP contribution is 2.35. The Hall–Kier alpha value is -3.75. The van der Waals surface area contributed by atoms with Crippen molar-refractivity contribution in [1.82, 2.24) is 4.90 Å². The van der Waals surface area contributed by atoms with Crippen molar-refractivity contribution in [1.29, 1.82) is 0 Å². The number of hydrogen-bond acceptors (Lipinski definition) is 5. The van der Waals surface area contributed by atoms with E-state index in [1.165, 1.54) is 12.1 Å². The van der Waals surface area contributed by atoms with Gasteiger partial charge in [-0.3, -0.25) is 9.69 Å². The van der Waals surface area contributed by atoms with Gasteiger partial charge in [-0.05, 0) is 66.9 Å². The smallest absolute Gasteiger partial charge is 0.291 e. The van der Waals surface area contributed by atoms with E-state index in [1.807, 2.05) is 17.0 Å². The highest BCUT2D eigenvalue weighted by Gasteiger charge is 2.34. The lowest BCUT2D eigenvalue weighted by molar-refractivity contribution is -0.0278. The Morgan fingerprint density at radius 1 is 1.06 bits per heavy atom. The minimum Gasteiger partial charge on any atom is -0.497 e. The number of halogens is 2. The van der Waals surface area contributed by atoms with Gasteiger partial charge in [0.2, 0.25) is 0 Å². The number of anilines is 1. The molecule has 1 fully saturated rings. The standard InChI is InChI=1S/C28H26F2N2O4/c1-35-23-7-5-22(6-8-23)31-27(33)26-15-19-14-20(3-9-25(19)36-26)28(34)10-12-32(13-11-28)17-18-2-4-21(29)16-24(18)30/h2-9,14-16,34H,10-13,17H2,1H3,(H,31,33). The second-order valence-corrected chi connectivity index (χ2v) is 9.09. The number of hydrogen-bond donors (Lipinski definition) is 2. The molecule has 0 aliphatic carbocycles. The number of nitrogens with one attached hydrogen (secondary N) is 1. The van der Waals surface area contributed by atoms with Gasteiger partial charge in [-0.15, -0.1) is 0 Å². The van der Waals surface area contributed by atoms with Crippen molar-refractivity contribution >= 4 is 22.6 Å². The summed E-state index contributed by atoms with van der Waals surface area (Å²) in [4.78, 5) is 14.7. The Morgan fingerprint density at radius 3 is 2.50 bits per heavy atom. The van der Waals surface area contributed by atoms with Crippen LogP contribution in [0.3, 0.4) is 0 Å². The van der Waals surface area contributed by atoms with Gasteiger partial charge in [0.25, 0.3) is 5.91 Å². The number of carbonyl (C=O) groups excluding carboxylic acids is 1. The van der Waals surface area contributed by atoms with Crippen molar-refractivity contribution in [2.75, 3.05) is 25.5 Å². The summed E-state index contributed by atoms with van der Waals surface area (Å²) in [5.41, 5.74) is 1.29. The molecule has 0 saturated carbocycles. The fraction of sp³-hybridized carbons (Fsp3) is 0.250. The molecular formula is C28H26F2N2O4. The highest BCUT2D eigenvalue weighted by atomic mass is 19.1. The van der Waals surface area contributed by atoms with E-state index < -0.39 is 17.2 Å². The first kappa shape index (κ1) is 24.0. The van der Waals surface area contributed by atoms with Crippen LogP contribution >= 0.6 is 0 Å². The number of piperidine rings is 1. The fourth-order valence-corrected chi connectivity index (χ4v) is 4.57. The Bertz CT molecular complexity index is 1390. The summed E-state index contributed by atoms with van der Waals surface area (Å²) in [6.45, 7) is 1.48. The molecule has 1 aliphatic rings. The van der Waals surface area contributed by atoms with Crippen molar-refractivity contribution in [2.45, 2.75) is 25.0 Å². The Kier molecular flexibility index (Phi) is 6.47. The molecule has 1 saturated heterocycles. The summed E-state index contributed by atoms with van der Waals surface area (Å²) in [6.07, 6.45) is 0.925. The molecule has 1 aliphatic heterocycles. The van der Waals surface area contributed by atoms with Crippen LogP contribution in [0, 0.1) is 11.6 Å². The van der Waals surface area contributed by atoms with Crippen LogP contribution in [-0.2, 0) is 12.1 Å². The molecule has 2 heterocycles. The SMILES string of the molecule is COc1ccc(NC(=O)c2cc3cc(C4(O)CCN(Cc5ccc(F)cc5F)CC4)ccc3o2)cc1. The number of likely N-dealkylation sites (tertiary alicyclic amines) is 1. The number of amides is 1. The number of carbonyl (C=O) groups is 1. The summed E-state index contributed by atoms with van der Waals surface area (Å²) in [7, 11) is 1.57. The summed E-state index contributed by atoms with van der Waals surface area (Å²) in [5.74, 6) is -0.678. The second kappa shape index (κ2) is 9.72. The quantitative estimate of drug-likeness (QED) is 0.374. The Morgan fingerprint density at radius 2 is 1.81 bits per heavy atom. The lowest BCUT2D eigenvalue weighted by Gasteiger charge is -2.38. The van der Waals surface area contributed by atoms with Crippen molar-refractivity contribution in [3.63, 3.8) is 0 Å². The number of ether oxygens (including phenoxy) is 1. The topological polar surface area (TPSA) is 74.9 Å². The summed E-state index contributed by atoms with van der Waals surface area (Å²) in [5, 5.41) is 14.9. The molecular weight excluding hydrogens is 466 g/mol. The molecule has 6 nitrogen and oxygen atoms in total. The largest absolute Gasteiger partial charge is 0.497 e. The molecule has 8 heteroatoms. The predicted octanol–water partition coefficient (Wildman–Crippen LogP) is 5.46. The Balaban J connectivity index is 1.26. The van der Waals surface area contributed by atoms with Crippen LogP contribution < -0.4 is 10.1 Å². The zero-order chi connectivity index (χ0) is 25.3. The maximum Gasteiger partial charge on any atom is 0.291 e. The van der Waals surface area contributed by atoms with Crippen LogP contribution in [0.15, 0.2) is 71.1 Å². The van der Waals surface area contributed by atoms with E-state index in [9.17, 15) is 18.7 Å². The van der Waals surface area contributed by atoms with Gasteiger partial charge in [0.15, 0.2) is 5.76 Å². The summed E-state index contributed by atoms with van der Waals surface area (Å²) < 4.78 is 38.1. The molecule has 1 amide bonds. The molecule has 0 unspecified atom stereocenters. The van der Waals surface area contributed by atoms with E-state index in [2.05, 4.69) is 5.32 Å². The maximum atomic E-state index is 14.0. The fourth-order valence-electron chi connectivity index (χ4n) is 4.57. The predicted molar refractivity (Wildman–Crippen MR) is 132 cm³/mol. The van der Waals surface area contributed by atoms with Crippen LogP contribution in [-0.4, -0.2) is 36.1 Å². The third kappa shape index (κ3) is 4.96. The molecule has 186 valence electrons. The lowest BCUT2D eigenvalue weighted by atomic mass is 9.84. The molecule has 36 heavy (non-hydrogen) atoms. The number of benzene rings is 3. The summed E-state index contributed by atoms with van der Waals surface area (Å²) in [6, 6.07) is 17.7. The molecule has 5 rings (SSSR count). The van der Waals surface area contributed by atoms with Gasteiger partial charge >= 0.3 is 0 Å². The summed E-state index contributed by atoms with van der Waals surface area (Å²) >= 11 is 0. The monoisotopic (exact) mass is 492 g/mol. The van der Waals surface area contributed by atoms with E-state index in [0.29, 0.717) is 55.1 Å². The van der Waals surface area contributed by atoms with Crippen LogP contribution in [0.5, 0.6) is 5.75 Å². The molecule has 4 aromatic rings. The third-order valence-electron chi connectivity index (χ3n) is 6.72. The minimum absolute atomic E-state index is 0.168. The molecule has 0 atom stereocenters. The Labute approximate surface area is 207 Å². The van der Waals surface area contributed by atoms with Gasteiger partial charge in [-0.2, -0.15) is 0 Å². The number of rotatable bonds is 6. The maximum absolute atomic E-state index is 14.0. The molecule has 0 spiro atoms. The first-order chi connectivity index (χ1) is 17.3. The number of aliphatic hydroxyl groups is 1. The highest BCUT2D eigenvalue weighted by molar-refractivity contribution is 6.04. The van der Waals surface area contributed by atoms with Crippen LogP contribution in [0.4, 0.5) is 14.5 Å². The first-order valence-corrected chi connectivity index (χ1v) is 11.7. The van der Waals surface area contributed by atoms with E-state index in [1.54, 1.807) is 43.5 Å². The molecule has 0 radical (unpaired) electrons. The van der Waals surface area contributed by atoms with Gasteiger partial charge in [-0.25, -0.2) is 8.78 Å². The van der Waals surface area contributed by atoms with Gasteiger partial charge < -0.3 is 19.6 Å². The van der Waals surface area contributed by atoms with Crippen molar-refractivity contribution < 1.29 is 27.8 Å². The molecule has 1 aromatic heterocycles. The second-order valence-electron chi connectivity index (χ2n) is 9.09.